The van der Waals surface area contributed by atoms with Crippen molar-refractivity contribution in [2.75, 3.05) is 0 Å². The van der Waals surface area contributed by atoms with Gasteiger partial charge >= 0.3 is 0 Å². The molecule has 2 rings (SSSR count). The van der Waals surface area contributed by atoms with Gasteiger partial charge in [0.05, 0.1) is 5.69 Å². The Balaban J connectivity index is 2.67. The number of aryl methyl sites for hydroxylation is 1. The van der Waals surface area contributed by atoms with Crippen LogP contribution in [0.5, 0.6) is 0 Å². The molecule has 0 saturated heterocycles. The van der Waals surface area contributed by atoms with Crippen LogP contribution >= 0.6 is 11.6 Å². The van der Waals surface area contributed by atoms with Crippen molar-refractivity contribution in [2.45, 2.75) is 40.0 Å². The van der Waals surface area contributed by atoms with Crippen LogP contribution in [-0.2, 0) is 13.5 Å². The molecule has 0 saturated carbocycles. The SMILES string of the molecule is CC(C)Cc1nc(C(C)C)c2cc(Cl)n(C)c2n1. The van der Waals surface area contributed by atoms with E-state index in [1.807, 2.05) is 17.7 Å². The summed E-state index contributed by atoms with van der Waals surface area (Å²) in [6.07, 6.45) is 0.901. The Morgan fingerprint density at radius 1 is 1.22 bits per heavy atom. The summed E-state index contributed by atoms with van der Waals surface area (Å²) in [5.74, 6) is 1.84. The van der Waals surface area contributed by atoms with Gasteiger partial charge in [-0.25, -0.2) is 9.97 Å². The molecule has 0 aliphatic carbocycles. The first kappa shape index (κ1) is 13.3. The predicted octanol–water partition coefficient (Wildman–Crippen LogP) is 3.94. The van der Waals surface area contributed by atoms with Crippen molar-refractivity contribution in [1.29, 1.82) is 0 Å². The number of aromatic nitrogens is 3. The molecule has 0 aliphatic rings. The lowest BCUT2D eigenvalue weighted by Crippen LogP contribution is -2.06. The lowest BCUT2D eigenvalue weighted by Gasteiger charge is -2.10. The highest BCUT2D eigenvalue weighted by atomic mass is 35.5. The standard InChI is InChI=1S/C14H20ClN3/c1-8(2)6-12-16-13(9(3)4)10-7-11(15)18(5)14(10)17-12/h7-9H,6H2,1-5H3. The molecule has 0 aliphatic heterocycles. The van der Waals surface area contributed by atoms with E-state index >= 15 is 0 Å². The van der Waals surface area contributed by atoms with Crippen molar-refractivity contribution in [3.8, 4) is 0 Å². The summed E-state index contributed by atoms with van der Waals surface area (Å²) in [5, 5.41) is 1.79. The molecule has 0 fully saturated rings. The minimum atomic E-state index is 0.375. The quantitative estimate of drug-likeness (QED) is 0.841. The van der Waals surface area contributed by atoms with Crippen molar-refractivity contribution in [3.63, 3.8) is 0 Å². The fourth-order valence-corrected chi connectivity index (χ4v) is 2.32. The van der Waals surface area contributed by atoms with Crippen LogP contribution in [0.1, 0.15) is 45.1 Å². The summed E-state index contributed by atoms with van der Waals surface area (Å²) in [7, 11) is 1.95. The monoisotopic (exact) mass is 265 g/mol. The van der Waals surface area contributed by atoms with E-state index in [1.165, 1.54) is 0 Å². The molecule has 0 amide bonds. The largest absolute Gasteiger partial charge is 0.319 e. The minimum absolute atomic E-state index is 0.375. The number of hydrogen-bond acceptors (Lipinski definition) is 2. The lowest BCUT2D eigenvalue weighted by molar-refractivity contribution is 0.616. The van der Waals surface area contributed by atoms with E-state index in [4.69, 9.17) is 16.6 Å². The molecule has 0 spiro atoms. The van der Waals surface area contributed by atoms with E-state index < -0.39 is 0 Å². The van der Waals surface area contributed by atoms with Crippen molar-refractivity contribution in [2.24, 2.45) is 13.0 Å². The van der Waals surface area contributed by atoms with Crippen LogP contribution < -0.4 is 0 Å². The summed E-state index contributed by atoms with van der Waals surface area (Å²) in [6.45, 7) is 8.67. The molecule has 4 heteroatoms. The van der Waals surface area contributed by atoms with Gasteiger partial charge in [-0.05, 0) is 17.9 Å². The van der Waals surface area contributed by atoms with Crippen LogP contribution in [0, 0.1) is 5.92 Å². The van der Waals surface area contributed by atoms with Gasteiger partial charge in [0, 0.05) is 18.9 Å². The van der Waals surface area contributed by atoms with Crippen LogP contribution in [0.25, 0.3) is 11.0 Å². The van der Waals surface area contributed by atoms with Gasteiger partial charge in [0.1, 0.15) is 16.6 Å². The Hall–Kier alpha value is -1.09. The van der Waals surface area contributed by atoms with Crippen LogP contribution in [0.2, 0.25) is 5.15 Å². The molecular weight excluding hydrogens is 246 g/mol. The molecule has 0 unspecified atom stereocenters. The number of nitrogens with zero attached hydrogens (tertiary/aromatic N) is 3. The molecule has 0 radical (unpaired) electrons. The lowest BCUT2D eigenvalue weighted by atomic mass is 10.1. The van der Waals surface area contributed by atoms with Gasteiger partial charge in [-0.3, -0.25) is 0 Å². The molecule has 2 heterocycles. The Labute approximate surface area is 113 Å². The van der Waals surface area contributed by atoms with Crippen LogP contribution in [0.4, 0.5) is 0 Å². The predicted molar refractivity (Wildman–Crippen MR) is 76.2 cm³/mol. The fourth-order valence-electron chi connectivity index (χ4n) is 2.13. The van der Waals surface area contributed by atoms with E-state index in [1.54, 1.807) is 0 Å². The highest BCUT2D eigenvalue weighted by Gasteiger charge is 2.15. The molecular formula is C14H20ClN3. The number of fused-ring (bicyclic) bond motifs is 1. The van der Waals surface area contributed by atoms with Gasteiger partial charge < -0.3 is 4.57 Å². The molecule has 2 aromatic heterocycles. The Morgan fingerprint density at radius 2 is 1.89 bits per heavy atom. The van der Waals surface area contributed by atoms with E-state index in [2.05, 4.69) is 32.7 Å². The van der Waals surface area contributed by atoms with Crippen LogP contribution in [0.15, 0.2) is 6.07 Å². The number of halogens is 1. The molecule has 98 valence electrons. The topological polar surface area (TPSA) is 30.7 Å². The van der Waals surface area contributed by atoms with Gasteiger partial charge in [0.25, 0.3) is 0 Å². The van der Waals surface area contributed by atoms with Gasteiger partial charge in [-0.15, -0.1) is 0 Å². The maximum atomic E-state index is 6.18. The molecule has 2 aromatic rings. The minimum Gasteiger partial charge on any atom is -0.319 e. The fraction of sp³-hybridized carbons (Fsp3) is 0.571. The van der Waals surface area contributed by atoms with Crippen molar-refractivity contribution in [3.05, 3.63) is 22.7 Å². The average molecular weight is 266 g/mol. The van der Waals surface area contributed by atoms with Gasteiger partial charge in [0.2, 0.25) is 0 Å². The third-order valence-electron chi connectivity index (χ3n) is 3.04. The molecule has 0 N–H and O–H groups in total. The normalized spacial score (nSPS) is 12.0. The molecule has 0 bridgehead atoms. The zero-order valence-electron chi connectivity index (χ0n) is 11.7. The third-order valence-corrected chi connectivity index (χ3v) is 3.40. The summed E-state index contributed by atoms with van der Waals surface area (Å²) in [5.41, 5.74) is 2.03. The van der Waals surface area contributed by atoms with Crippen molar-refractivity contribution in [1.82, 2.24) is 14.5 Å². The highest BCUT2D eigenvalue weighted by molar-refractivity contribution is 6.30. The number of rotatable bonds is 3. The van der Waals surface area contributed by atoms with Gasteiger partial charge in [-0.1, -0.05) is 39.3 Å². The van der Waals surface area contributed by atoms with E-state index in [0.717, 1.165) is 29.0 Å². The van der Waals surface area contributed by atoms with Crippen molar-refractivity contribution >= 4 is 22.6 Å². The van der Waals surface area contributed by atoms with Gasteiger partial charge in [-0.2, -0.15) is 0 Å². The van der Waals surface area contributed by atoms with E-state index in [0.29, 0.717) is 17.0 Å². The van der Waals surface area contributed by atoms with Crippen LogP contribution in [-0.4, -0.2) is 14.5 Å². The first-order valence-electron chi connectivity index (χ1n) is 6.42. The molecule has 0 atom stereocenters. The highest BCUT2D eigenvalue weighted by Crippen LogP contribution is 2.27. The van der Waals surface area contributed by atoms with Crippen molar-refractivity contribution < 1.29 is 0 Å². The second kappa shape index (κ2) is 4.88. The third kappa shape index (κ3) is 2.37. The zero-order chi connectivity index (χ0) is 13.4. The Bertz CT molecular complexity index is 570. The zero-order valence-corrected chi connectivity index (χ0v) is 12.4. The maximum Gasteiger partial charge on any atom is 0.144 e. The Kier molecular flexibility index (Phi) is 3.62. The Morgan fingerprint density at radius 3 is 2.44 bits per heavy atom. The van der Waals surface area contributed by atoms with Gasteiger partial charge in [0.15, 0.2) is 0 Å². The van der Waals surface area contributed by atoms with Crippen LogP contribution in [0.3, 0.4) is 0 Å². The second-order valence-corrected chi connectivity index (χ2v) is 5.93. The molecule has 0 aromatic carbocycles. The smallest absolute Gasteiger partial charge is 0.144 e. The summed E-state index contributed by atoms with van der Waals surface area (Å²) < 4.78 is 1.92. The van der Waals surface area contributed by atoms with E-state index in [9.17, 15) is 0 Å². The summed E-state index contributed by atoms with van der Waals surface area (Å²) in [4.78, 5) is 9.36. The maximum absolute atomic E-state index is 6.18. The summed E-state index contributed by atoms with van der Waals surface area (Å²) >= 11 is 6.18. The average Bonchev–Trinajstić information content (AvgIpc) is 2.54. The molecule has 18 heavy (non-hydrogen) atoms. The second-order valence-electron chi connectivity index (χ2n) is 5.54. The number of hydrogen-bond donors (Lipinski definition) is 0. The van der Waals surface area contributed by atoms with E-state index in [-0.39, 0.29) is 0 Å². The summed E-state index contributed by atoms with van der Waals surface area (Å²) in [6, 6.07) is 1.96. The first-order chi connectivity index (χ1) is 8.40. The first-order valence-corrected chi connectivity index (χ1v) is 6.79. The molecule has 3 nitrogen and oxygen atoms in total.